The van der Waals surface area contributed by atoms with Gasteiger partial charge in [-0.15, -0.1) is 0 Å². The minimum atomic E-state index is 0.911. The molecule has 0 aromatic heterocycles. The lowest BCUT2D eigenvalue weighted by atomic mass is 9.48. The Morgan fingerprint density at radius 1 is 0.923 bits per heavy atom. The Labute approximate surface area is 81.1 Å². The van der Waals surface area contributed by atoms with Crippen molar-refractivity contribution in [2.24, 2.45) is 29.1 Å². The van der Waals surface area contributed by atoms with Crippen LogP contribution in [0.4, 0.5) is 0 Å². The van der Waals surface area contributed by atoms with Crippen molar-refractivity contribution in [3.8, 4) is 0 Å². The zero-order chi connectivity index (χ0) is 8.47. The molecule has 0 aromatic rings. The van der Waals surface area contributed by atoms with Gasteiger partial charge in [0.25, 0.3) is 0 Å². The van der Waals surface area contributed by atoms with Gasteiger partial charge in [0.1, 0.15) is 0 Å². The minimum Gasteiger partial charge on any atom is -0.0525 e. The van der Waals surface area contributed by atoms with Crippen LogP contribution in [0, 0.1) is 29.1 Å². The van der Waals surface area contributed by atoms with E-state index in [0.717, 1.165) is 5.41 Å². The summed E-state index contributed by atoms with van der Waals surface area (Å²) in [5, 5.41) is 0. The quantitative estimate of drug-likeness (QED) is 0.529. The molecule has 0 aliphatic heterocycles. The summed E-state index contributed by atoms with van der Waals surface area (Å²) in [5.41, 5.74) is 0.911. The third kappa shape index (κ3) is 0.750. The van der Waals surface area contributed by atoms with Crippen molar-refractivity contribution >= 4 is 0 Å². The lowest BCUT2D eigenvalue weighted by Gasteiger charge is -2.57. The van der Waals surface area contributed by atoms with E-state index in [1.54, 1.807) is 51.4 Å². The van der Waals surface area contributed by atoms with Crippen LogP contribution in [0.15, 0.2) is 0 Å². The average Bonchev–Trinajstić information content (AvgIpc) is 2.41. The summed E-state index contributed by atoms with van der Waals surface area (Å²) < 4.78 is 0. The van der Waals surface area contributed by atoms with Crippen LogP contribution in [0.3, 0.4) is 0 Å². The van der Waals surface area contributed by atoms with Crippen molar-refractivity contribution in [3.05, 3.63) is 0 Å². The van der Waals surface area contributed by atoms with Crippen LogP contribution in [0.2, 0.25) is 0 Å². The summed E-state index contributed by atoms with van der Waals surface area (Å²) >= 11 is 0. The summed E-state index contributed by atoms with van der Waals surface area (Å²) in [6, 6.07) is 0. The predicted octanol–water partition coefficient (Wildman–Crippen LogP) is 3.61. The van der Waals surface area contributed by atoms with Gasteiger partial charge in [0.05, 0.1) is 0 Å². The van der Waals surface area contributed by atoms with E-state index in [9.17, 15) is 0 Å². The molecule has 5 bridgehead atoms. The second kappa shape index (κ2) is 2.15. The molecule has 13 heavy (non-hydrogen) atoms. The molecule has 0 spiro atoms. The first-order valence-corrected chi connectivity index (χ1v) is 6.37. The first-order valence-electron chi connectivity index (χ1n) is 6.37. The van der Waals surface area contributed by atoms with E-state index in [1.807, 2.05) is 0 Å². The van der Waals surface area contributed by atoms with Crippen LogP contribution < -0.4 is 0 Å². The topological polar surface area (TPSA) is 0 Å². The van der Waals surface area contributed by atoms with Gasteiger partial charge in [-0.1, -0.05) is 12.8 Å². The highest BCUT2D eigenvalue weighted by molar-refractivity contribution is 5.10. The van der Waals surface area contributed by atoms with Crippen LogP contribution in [0.5, 0.6) is 0 Å². The van der Waals surface area contributed by atoms with Gasteiger partial charge >= 0.3 is 0 Å². The molecule has 0 aromatic carbocycles. The second-order valence-electron chi connectivity index (χ2n) is 6.38. The van der Waals surface area contributed by atoms with Crippen LogP contribution in [0.1, 0.15) is 51.4 Å². The van der Waals surface area contributed by atoms with Gasteiger partial charge in [0.2, 0.25) is 0 Å². The van der Waals surface area contributed by atoms with E-state index in [4.69, 9.17) is 0 Å². The standard InChI is InChI=1S/C13H20/c1-2-10-6-9-7-11-3-5-13(4-1,8-9)12(10)11/h9-12H,1-8H2. The molecule has 5 atom stereocenters. The zero-order valence-electron chi connectivity index (χ0n) is 8.47. The van der Waals surface area contributed by atoms with E-state index in [-0.39, 0.29) is 0 Å². The monoisotopic (exact) mass is 176 g/mol. The highest BCUT2D eigenvalue weighted by atomic mass is 14.6. The average molecular weight is 176 g/mol. The summed E-state index contributed by atoms with van der Waals surface area (Å²) in [7, 11) is 0. The van der Waals surface area contributed by atoms with Gasteiger partial charge in [0, 0.05) is 0 Å². The van der Waals surface area contributed by atoms with Gasteiger partial charge in [-0.25, -0.2) is 0 Å². The SMILES string of the molecule is C1CC2CC3CC4CCC(C1)(C3)C24. The Bertz CT molecular complexity index is 240. The van der Waals surface area contributed by atoms with Gasteiger partial charge in [0.15, 0.2) is 0 Å². The third-order valence-electron chi connectivity index (χ3n) is 5.95. The lowest BCUT2D eigenvalue weighted by molar-refractivity contribution is -0.0769. The molecule has 5 saturated carbocycles. The highest BCUT2D eigenvalue weighted by Crippen LogP contribution is 2.69. The molecule has 0 amide bonds. The molecule has 0 N–H and O–H groups in total. The third-order valence-corrected chi connectivity index (χ3v) is 5.95. The normalized spacial score (nSPS) is 62.8. The van der Waals surface area contributed by atoms with Gasteiger partial charge in [-0.3, -0.25) is 0 Å². The molecule has 0 radical (unpaired) electrons. The Hall–Kier alpha value is 0. The first kappa shape index (κ1) is 7.31. The summed E-state index contributed by atoms with van der Waals surface area (Å²) in [6.45, 7) is 0. The van der Waals surface area contributed by atoms with Crippen LogP contribution in [-0.2, 0) is 0 Å². The van der Waals surface area contributed by atoms with Crippen molar-refractivity contribution in [3.63, 3.8) is 0 Å². The van der Waals surface area contributed by atoms with Gasteiger partial charge in [-0.05, 0) is 67.6 Å². The maximum Gasteiger partial charge on any atom is -0.0261 e. The van der Waals surface area contributed by atoms with Gasteiger partial charge < -0.3 is 0 Å². The molecular formula is C13H20. The zero-order valence-corrected chi connectivity index (χ0v) is 8.47. The summed E-state index contributed by atoms with van der Waals surface area (Å²) in [5.74, 6) is 4.76. The smallest absolute Gasteiger partial charge is 0.0261 e. The molecule has 5 unspecified atom stereocenters. The number of hydrogen-bond acceptors (Lipinski definition) is 0. The Morgan fingerprint density at radius 3 is 2.62 bits per heavy atom. The second-order valence-corrected chi connectivity index (χ2v) is 6.38. The van der Waals surface area contributed by atoms with E-state index in [2.05, 4.69) is 0 Å². The Morgan fingerprint density at radius 2 is 1.77 bits per heavy atom. The first-order chi connectivity index (χ1) is 6.37. The molecule has 5 aliphatic rings. The largest absolute Gasteiger partial charge is 0.0525 e. The summed E-state index contributed by atoms with van der Waals surface area (Å²) in [4.78, 5) is 0. The fourth-order valence-corrected chi connectivity index (χ4v) is 5.95. The maximum atomic E-state index is 1.64. The summed E-state index contributed by atoms with van der Waals surface area (Å²) in [6.07, 6.45) is 12.9. The Kier molecular flexibility index (Phi) is 1.21. The van der Waals surface area contributed by atoms with Crippen molar-refractivity contribution in [2.45, 2.75) is 51.4 Å². The van der Waals surface area contributed by atoms with E-state index < -0.39 is 0 Å². The van der Waals surface area contributed by atoms with E-state index in [0.29, 0.717) is 0 Å². The molecule has 0 heteroatoms. The number of rotatable bonds is 0. The molecule has 5 aliphatic carbocycles. The Balaban J connectivity index is 1.83. The van der Waals surface area contributed by atoms with Crippen LogP contribution >= 0.6 is 0 Å². The molecule has 0 nitrogen and oxygen atoms in total. The van der Waals surface area contributed by atoms with Crippen molar-refractivity contribution < 1.29 is 0 Å². The molecule has 72 valence electrons. The molecule has 5 fully saturated rings. The predicted molar refractivity (Wildman–Crippen MR) is 53.3 cm³/mol. The molecule has 0 saturated heterocycles. The van der Waals surface area contributed by atoms with Crippen molar-refractivity contribution in [2.75, 3.05) is 0 Å². The van der Waals surface area contributed by atoms with Crippen LogP contribution in [0.25, 0.3) is 0 Å². The minimum absolute atomic E-state index is 0.911. The maximum absolute atomic E-state index is 1.64. The molecule has 0 heterocycles. The molecular weight excluding hydrogens is 156 g/mol. The van der Waals surface area contributed by atoms with Crippen molar-refractivity contribution in [1.82, 2.24) is 0 Å². The fourth-order valence-electron chi connectivity index (χ4n) is 5.95. The van der Waals surface area contributed by atoms with Gasteiger partial charge in [-0.2, -0.15) is 0 Å². The highest BCUT2D eigenvalue weighted by Gasteiger charge is 2.60. The van der Waals surface area contributed by atoms with E-state index >= 15 is 0 Å². The number of hydrogen-bond donors (Lipinski definition) is 0. The van der Waals surface area contributed by atoms with Crippen molar-refractivity contribution in [1.29, 1.82) is 0 Å². The molecule has 5 rings (SSSR count). The van der Waals surface area contributed by atoms with Crippen LogP contribution in [-0.4, -0.2) is 0 Å². The lowest BCUT2D eigenvalue weighted by Crippen LogP contribution is -2.48. The fraction of sp³-hybridized carbons (Fsp3) is 1.00. The van der Waals surface area contributed by atoms with E-state index in [1.165, 1.54) is 23.7 Å².